The van der Waals surface area contributed by atoms with Crippen LogP contribution in [0.3, 0.4) is 0 Å². The Morgan fingerprint density at radius 2 is 1.83 bits per heavy atom. The number of urea groups is 1. The highest BCUT2D eigenvalue weighted by atomic mass is 19.1. The zero-order chi connectivity index (χ0) is 21.9. The van der Waals surface area contributed by atoms with Crippen LogP contribution in [0.2, 0.25) is 0 Å². The van der Waals surface area contributed by atoms with E-state index in [1.165, 1.54) is 24.3 Å². The van der Waals surface area contributed by atoms with Gasteiger partial charge in [-0.3, -0.25) is 5.32 Å². The highest BCUT2D eigenvalue weighted by molar-refractivity contribution is 5.99. The fraction of sp³-hybridized carbons (Fsp3) is 0.304. The molecular weight excluding hydrogens is 383 g/mol. The Kier molecular flexibility index (Phi) is 8.87. The van der Waals surface area contributed by atoms with E-state index >= 15 is 0 Å². The van der Waals surface area contributed by atoms with Crippen molar-refractivity contribution in [2.45, 2.75) is 40.0 Å². The number of benzene rings is 2. The molecule has 0 aliphatic carbocycles. The molecule has 3 rings (SSSR count). The first-order valence-electron chi connectivity index (χ1n) is 10.2. The van der Waals surface area contributed by atoms with Crippen molar-refractivity contribution in [2.24, 2.45) is 0 Å². The van der Waals surface area contributed by atoms with E-state index in [0.717, 1.165) is 30.6 Å². The van der Waals surface area contributed by atoms with Crippen molar-refractivity contribution in [3.8, 4) is 11.4 Å². The summed E-state index contributed by atoms with van der Waals surface area (Å²) >= 11 is 0. The monoisotopic (exact) mass is 412 g/mol. The lowest BCUT2D eigenvalue weighted by atomic mass is 10.2. The average Bonchev–Trinajstić information content (AvgIpc) is 3.17. The number of aryl methyl sites for hydroxylation is 1. The van der Waals surface area contributed by atoms with Gasteiger partial charge in [0.25, 0.3) is 0 Å². The first kappa shape index (κ1) is 22.9. The van der Waals surface area contributed by atoms with E-state index in [-0.39, 0.29) is 5.82 Å². The highest BCUT2D eigenvalue weighted by Gasteiger charge is 2.13. The molecule has 0 fully saturated rings. The van der Waals surface area contributed by atoms with E-state index in [2.05, 4.69) is 22.7 Å². The van der Waals surface area contributed by atoms with Crippen LogP contribution < -0.4 is 15.4 Å². The molecule has 0 aliphatic heterocycles. The molecule has 1 aromatic heterocycles. The Labute approximate surface area is 177 Å². The summed E-state index contributed by atoms with van der Waals surface area (Å²) in [6, 6.07) is 14.5. The summed E-state index contributed by atoms with van der Waals surface area (Å²) in [5.41, 5.74) is 2.17. The van der Waals surface area contributed by atoms with Crippen LogP contribution >= 0.6 is 0 Å². The molecule has 0 bridgehead atoms. The number of aromatic nitrogens is 2. The van der Waals surface area contributed by atoms with Crippen LogP contribution in [0.5, 0.6) is 5.75 Å². The molecule has 0 radical (unpaired) electrons. The number of rotatable bonds is 7. The van der Waals surface area contributed by atoms with Crippen LogP contribution in [-0.2, 0) is 6.42 Å². The quantitative estimate of drug-likeness (QED) is 0.498. The van der Waals surface area contributed by atoms with Crippen LogP contribution in [0, 0.1) is 5.82 Å². The second kappa shape index (κ2) is 11.6. The van der Waals surface area contributed by atoms with Gasteiger partial charge < -0.3 is 10.1 Å². The number of methoxy groups -OCH3 is 1. The van der Waals surface area contributed by atoms with Crippen LogP contribution in [0.25, 0.3) is 5.69 Å². The summed E-state index contributed by atoms with van der Waals surface area (Å²) in [5.74, 6) is 0.881. The van der Waals surface area contributed by atoms with Crippen molar-refractivity contribution in [2.75, 3.05) is 17.7 Å². The standard InChI is InChI=1S/C21H23FN4O2.C2H6/c1-3-4-6-17-13-20(24-21(27)23-16-11-9-15(22)10-12-16)26(25-17)18-7-5-8-19(14-18)28-2;1-2/h5,7-14H,3-4,6H2,1-2H3,(H2,23,24,27);1-2H3. The fourth-order valence-corrected chi connectivity index (χ4v) is 2.75. The van der Waals surface area contributed by atoms with Gasteiger partial charge in [-0.2, -0.15) is 5.10 Å². The molecule has 160 valence electrons. The van der Waals surface area contributed by atoms with Gasteiger partial charge in [0.05, 0.1) is 18.5 Å². The molecule has 1 heterocycles. The van der Waals surface area contributed by atoms with Gasteiger partial charge in [0.2, 0.25) is 0 Å². The van der Waals surface area contributed by atoms with Gasteiger partial charge in [0.1, 0.15) is 17.4 Å². The topological polar surface area (TPSA) is 68.2 Å². The largest absolute Gasteiger partial charge is 0.497 e. The first-order chi connectivity index (χ1) is 14.6. The summed E-state index contributed by atoms with van der Waals surface area (Å²) in [7, 11) is 1.60. The fourth-order valence-electron chi connectivity index (χ4n) is 2.75. The first-order valence-corrected chi connectivity index (χ1v) is 10.2. The van der Waals surface area contributed by atoms with Gasteiger partial charge in [-0.1, -0.05) is 33.3 Å². The summed E-state index contributed by atoms with van der Waals surface area (Å²) < 4.78 is 20.0. The van der Waals surface area contributed by atoms with Gasteiger partial charge in [0, 0.05) is 17.8 Å². The van der Waals surface area contributed by atoms with Gasteiger partial charge >= 0.3 is 6.03 Å². The molecule has 2 amide bonds. The van der Waals surface area contributed by atoms with Crippen LogP contribution in [0.15, 0.2) is 54.6 Å². The van der Waals surface area contributed by atoms with E-state index in [1.54, 1.807) is 11.8 Å². The second-order valence-electron chi connectivity index (χ2n) is 6.32. The molecule has 2 aromatic carbocycles. The van der Waals surface area contributed by atoms with E-state index in [0.29, 0.717) is 17.3 Å². The molecule has 30 heavy (non-hydrogen) atoms. The Morgan fingerprint density at radius 1 is 1.10 bits per heavy atom. The maximum absolute atomic E-state index is 13.0. The van der Waals surface area contributed by atoms with Gasteiger partial charge in [0.15, 0.2) is 0 Å². The van der Waals surface area contributed by atoms with Gasteiger partial charge in [-0.25, -0.2) is 13.9 Å². The van der Waals surface area contributed by atoms with Crippen LogP contribution in [0.1, 0.15) is 39.3 Å². The molecule has 0 atom stereocenters. The molecule has 6 nitrogen and oxygen atoms in total. The Bertz CT molecular complexity index is 939. The highest BCUT2D eigenvalue weighted by Crippen LogP contribution is 2.22. The predicted molar refractivity (Wildman–Crippen MR) is 119 cm³/mol. The second-order valence-corrected chi connectivity index (χ2v) is 6.32. The third-order valence-corrected chi connectivity index (χ3v) is 4.19. The number of anilines is 2. The smallest absolute Gasteiger partial charge is 0.324 e. The summed E-state index contributed by atoms with van der Waals surface area (Å²) in [6.45, 7) is 6.12. The zero-order valence-corrected chi connectivity index (χ0v) is 17.9. The molecule has 7 heteroatoms. The van der Waals surface area contributed by atoms with Gasteiger partial charge in [-0.15, -0.1) is 0 Å². The van der Waals surface area contributed by atoms with Crippen molar-refractivity contribution in [3.63, 3.8) is 0 Å². The third kappa shape index (κ3) is 6.34. The number of amides is 2. The van der Waals surface area contributed by atoms with E-state index in [4.69, 9.17) is 4.74 Å². The molecular formula is C23H29FN4O2. The van der Waals surface area contributed by atoms with Crippen molar-refractivity contribution in [1.82, 2.24) is 9.78 Å². The minimum Gasteiger partial charge on any atom is -0.497 e. The normalized spacial score (nSPS) is 10.0. The number of hydrogen-bond donors (Lipinski definition) is 2. The minimum atomic E-state index is -0.433. The lowest BCUT2D eigenvalue weighted by Gasteiger charge is -2.11. The number of nitrogens with one attached hydrogen (secondary N) is 2. The van der Waals surface area contributed by atoms with Crippen LogP contribution in [0.4, 0.5) is 20.7 Å². The van der Waals surface area contributed by atoms with Crippen LogP contribution in [-0.4, -0.2) is 22.9 Å². The minimum absolute atomic E-state index is 0.359. The predicted octanol–water partition coefficient (Wildman–Crippen LogP) is 6.03. The van der Waals surface area contributed by atoms with E-state index in [9.17, 15) is 9.18 Å². The number of carbonyl (C=O) groups is 1. The maximum Gasteiger partial charge on any atom is 0.324 e. The van der Waals surface area contributed by atoms with Crippen molar-refractivity contribution < 1.29 is 13.9 Å². The molecule has 2 N–H and O–H groups in total. The summed E-state index contributed by atoms with van der Waals surface area (Å²) in [5, 5.41) is 10.1. The van der Waals surface area contributed by atoms with E-state index < -0.39 is 6.03 Å². The number of carbonyl (C=O) groups excluding carboxylic acids is 1. The molecule has 3 aromatic rings. The molecule has 0 aliphatic rings. The summed E-state index contributed by atoms with van der Waals surface area (Å²) in [6.07, 6.45) is 2.89. The number of unbranched alkanes of at least 4 members (excludes halogenated alkanes) is 1. The Morgan fingerprint density at radius 3 is 2.50 bits per heavy atom. The molecule has 0 saturated heterocycles. The molecule has 0 saturated carbocycles. The molecule has 0 unspecified atom stereocenters. The average molecular weight is 413 g/mol. The van der Waals surface area contributed by atoms with Gasteiger partial charge in [-0.05, 0) is 49.2 Å². The Balaban J connectivity index is 0.00000155. The third-order valence-electron chi connectivity index (χ3n) is 4.19. The Hall–Kier alpha value is -3.35. The SMILES string of the molecule is CC.CCCCc1cc(NC(=O)Nc2ccc(F)cc2)n(-c2cccc(OC)c2)n1. The van der Waals surface area contributed by atoms with Crippen molar-refractivity contribution in [3.05, 3.63) is 66.1 Å². The van der Waals surface area contributed by atoms with Crippen molar-refractivity contribution >= 4 is 17.5 Å². The lowest BCUT2D eigenvalue weighted by Crippen LogP contribution is -2.21. The number of halogens is 1. The molecule has 0 spiro atoms. The van der Waals surface area contributed by atoms with E-state index in [1.807, 2.05) is 44.2 Å². The zero-order valence-electron chi connectivity index (χ0n) is 17.9. The number of ether oxygens (including phenoxy) is 1. The lowest BCUT2D eigenvalue weighted by molar-refractivity contribution is 0.262. The number of hydrogen-bond acceptors (Lipinski definition) is 3. The van der Waals surface area contributed by atoms with Crippen molar-refractivity contribution in [1.29, 1.82) is 0 Å². The number of nitrogens with zero attached hydrogens (tertiary/aromatic N) is 2. The summed E-state index contributed by atoms with van der Waals surface area (Å²) in [4.78, 5) is 12.4. The maximum atomic E-state index is 13.0.